The number of rotatable bonds is 2. The van der Waals surface area contributed by atoms with E-state index >= 15 is 0 Å². The molecule has 2 atom stereocenters. The minimum Gasteiger partial charge on any atom is -0.271 e. The summed E-state index contributed by atoms with van der Waals surface area (Å²) in [6, 6.07) is 0.451. The molecule has 2 heteroatoms. The van der Waals surface area contributed by atoms with Gasteiger partial charge >= 0.3 is 0 Å². The molecule has 3 N–H and O–H groups in total. The molecule has 0 aromatic heterocycles. The summed E-state index contributed by atoms with van der Waals surface area (Å²) in [5.41, 5.74) is 3.73. The first-order valence-electron chi connectivity index (χ1n) is 4.75. The van der Waals surface area contributed by atoms with Crippen molar-refractivity contribution in [2.75, 3.05) is 0 Å². The van der Waals surface area contributed by atoms with Gasteiger partial charge in [-0.1, -0.05) is 34.6 Å². The summed E-state index contributed by atoms with van der Waals surface area (Å²) in [6.07, 6.45) is 1.30. The summed E-state index contributed by atoms with van der Waals surface area (Å²) < 4.78 is 0. The maximum atomic E-state index is 5.57. The Morgan fingerprint density at radius 1 is 1.42 bits per heavy atom. The number of nitrogens with two attached hydrogens (primary N) is 1. The van der Waals surface area contributed by atoms with Gasteiger partial charge in [-0.05, 0) is 23.2 Å². The number of hydrogen-bond donors (Lipinski definition) is 2. The molecule has 0 amide bonds. The molecule has 0 heterocycles. The molecule has 1 saturated carbocycles. The second kappa shape index (κ2) is 2.71. The molecule has 0 aliphatic heterocycles. The normalized spacial score (nSPS) is 30.0. The van der Waals surface area contributed by atoms with E-state index in [1.807, 2.05) is 0 Å². The summed E-state index contributed by atoms with van der Waals surface area (Å²) in [4.78, 5) is 0. The van der Waals surface area contributed by atoms with Gasteiger partial charge in [-0.3, -0.25) is 11.3 Å². The zero-order chi connectivity index (χ0) is 9.57. The van der Waals surface area contributed by atoms with E-state index in [1.165, 1.54) is 6.42 Å². The molecule has 0 spiro atoms. The van der Waals surface area contributed by atoms with Crippen LogP contribution in [-0.2, 0) is 0 Å². The Bertz CT molecular complexity index is 167. The van der Waals surface area contributed by atoms with Gasteiger partial charge in [0.15, 0.2) is 0 Å². The zero-order valence-electron chi connectivity index (χ0n) is 8.94. The van der Waals surface area contributed by atoms with Gasteiger partial charge in [-0.2, -0.15) is 0 Å². The summed E-state index contributed by atoms with van der Waals surface area (Å²) in [6.45, 7) is 11.4. The molecule has 0 saturated heterocycles. The van der Waals surface area contributed by atoms with E-state index in [2.05, 4.69) is 40.0 Å². The van der Waals surface area contributed by atoms with Gasteiger partial charge in [-0.15, -0.1) is 0 Å². The van der Waals surface area contributed by atoms with E-state index in [0.717, 1.165) is 5.92 Å². The van der Waals surface area contributed by atoms with Gasteiger partial charge in [0.2, 0.25) is 0 Å². The van der Waals surface area contributed by atoms with Crippen LogP contribution in [0.5, 0.6) is 0 Å². The van der Waals surface area contributed by atoms with Crippen LogP contribution in [0.3, 0.4) is 0 Å². The number of hydrazine groups is 1. The van der Waals surface area contributed by atoms with Gasteiger partial charge in [0.1, 0.15) is 0 Å². The third kappa shape index (κ3) is 1.80. The van der Waals surface area contributed by atoms with Gasteiger partial charge in [-0.25, -0.2) is 0 Å². The highest BCUT2D eigenvalue weighted by molar-refractivity contribution is 5.04. The Labute approximate surface area is 75.9 Å². The van der Waals surface area contributed by atoms with E-state index in [4.69, 9.17) is 5.84 Å². The van der Waals surface area contributed by atoms with Gasteiger partial charge in [0.25, 0.3) is 0 Å². The lowest BCUT2D eigenvalue weighted by molar-refractivity contribution is 0.224. The van der Waals surface area contributed by atoms with Gasteiger partial charge in [0.05, 0.1) is 0 Å². The van der Waals surface area contributed by atoms with Crippen LogP contribution in [0.1, 0.15) is 41.0 Å². The zero-order valence-corrected chi connectivity index (χ0v) is 8.94. The van der Waals surface area contributed by atoms with Gasteiger partial charge in [0, 0.05) is 6.04 Å². The maximum Gasteiger partial charge on any atom is 0.0292 e. The van der Waals surface area contributed by atoms with Crippen LogP contribution < -0.4 is 11.3 Å². The van der Waals surface area contributed by atoms with Crippen molar-refractivity contribution in [3.63, 3.8) is 0 Å². The minimum atomic E-state index is 0.271. The Balaban J connectivity index is 2.60. The third-order valence-corrected chi connectivity index (χ3v) is 3.10. The molecule has 1 aliphatic carbocycles. The van der Waals surface area contributed by atoms with E-state index in [1.54, 1.807) is 0 Å². The Kier molecular flexibility index (Phi) is 2.26. The lowest BCUT2D eigenvalue weighted by Gasteiger charge is -2.31. The van der Waals surface area contributed by atoms with Gasteiger partial charge < -0.3 is 0 Å². The van der Waals surface area contributed by atoms with Crippen molar-refractivity contribution in [2.24, 2.45) is 22.6 Å². The largest absolute Gasteiger partial charge is 0.271 e. The van der Waals surface area contributed by atoms with E-state index in [9.17, 15) is 0 Å². The summed E-state index contributed by atoms with van der Waals surface area (Å²) in [5, 5.41) is 0. The first kappa shape index (κ1) is 10.0. The first-order valence-corrected chi connectivity index (χ1v) is 4.75. The van der Waals surface area contributed by atoms with Crippen LogP contribution in [0.2, 0.25) is 0 Å². The van der Waals surface area contributed by atoms with Crippen LogP contribution in [0, 0.1) is 16.7 Å². The van der Waals surface area contributed by atoms with Crippen LogP contribution >= 0.6 is 0 Å². The summed E-state index contributed by atoms with van der Waals surface area (Å²) in [5.74, 6) is 6.32. The second-order valence-corrected chi connectivity index (χ2v) is 5.81. The summed E-state index contributed by atoms with van der Waals surface area (Å²) in [7, 11) is 0. The topological polar surface area (TPSA) is 38.0 Å². The fourth-order valence-corrected chi connectivity index (χ4v) is 2.05. The average Bonchev–Trinajstić information content (AvgIpc) is 2.38. The molecule has 1 aliphatic rings. The van der Waals surface area contributed by atoms with Crippen molar-refractivity contribution in [2.45, 2.75) is 47.1 Å². The Morgan fingerprint density at radius 2 is 1.83 bits per heavy atom. The minimum absolute atomic E-state index is 0.271. The molecule has 72 valence electrons. The highest BCUT2D eigenvalue weighted by Gasteiger charge is 2.52. The third-order valence-electron chi connectivity index (χ3n) is 3.10. The highest BCUT2D eigenvalue weighted by Crippen LogP contribution is 2.56. The second-order valence-electron chi connectivity index (χ2n) is 5.81. The van der Waals surface area contributed by atoms with E-state index < -0.39 is 0 Å². The number of nitrogens with one attached hydrogen (secondary N) is 1. The molecule has 1 fully saturated rings. The fraction of sp³-hybridized carbons (Fsp3) is 1.00. The molecule has 2 unspecified atom stereocenters. The Hall–Kier alpha value is -0.0800. The SMILES string of the molecule is CC(C)(C)C(NN)C1CC1(C)C. The van der Waals surface area contributed by atoms with E-state index in [0.29, 0.717) is 11.5 Å². The Morgan fingerprint density at radius 3 is 1.92 bits per heavy atom. The van der Waals surface area contributed by atoms with Crippen molar-refractivity contribution in [1.82, 2.24) is 5.43 Å². The molecule has 2 nitrogen and oxygen atoms in total. The predicted molar refractivity (Wildman–Crippen MR) is 52.5 cm³/mol. The van der Waals surface area contributed by atoms with Crippen molar-refractivity contribution in [3.8, 4) is 0 Å². The fourth-order valence-electron chi connectivity index (χ4n) is 2.05. The van der Waals surface area contributed by atoms with Crippen LogP contribution in [0.25, 0.3) is 0 Å². The van der Waals surface area contributed by atoms with Crippen LogP contribution in [0.15, 0.2) is 0 Å². The first-order chi connectivity index (χ1) is 5.29. The van der Waals surface area contributed by atoms with Crippen molar-refractivity contribution < 1.29 is 0 Å². The monoisotopic (exact) mass is 170 g/mol. The molecular formula is C10H22N2. The summed E-state index contributed by atoms with van der Waals surface area (Å²) >= 11 is 0. The van der Waals surface area contributed by atoms with Crippen molar-refractivity contribution in [3.05, 3.63) is 0 Å². The lowest BCUT2D eigenvalue weighted by Crippen LogP contribution is -2.46. The quantitative estimate of drug-likeness (QED) is 0.491. The smallest absolute Gasteiger partial charge is 0.0292 e. The molecule has 0 aromatic rings. The van der Waals surface area contributed by atoms with Crippen LogP contribution in [0.4, 0.5) is 0 Å². The molecule has 0 radical (unpaired) electrons. The molecule has 0 aromatic carbocycles. The molecular weight excluding hydrogens is 148 g/mol. The van der Waals surface area contributed by atoms with Crippen molar-refractivity contribution in [1.29, 1.82) is 0 Å². The maximum absolute atomic E-state index is 5.57. The lowest BCUT2D eigenvalue weighted by atomic mass is 9.82. The predicted octanol–water partition coefficient (Wildman–Crippen LogP) is 1.91. The number of hydrogen-bond acceptors (Lipinski definition) is 2. The molecule has 1 rings (SSSR count). The average molecular weight is 170 g/mol. The van der Waals surface area contributed by atoms with Crippen molar-refractivity contribution >= 4 is 0 Å². The van der Waals surface area contributed by atoms with E-state index in [-0.39, 0.29) is 5.41 Å². The highest BCUT2D eigenvalue weighted by atomic mass is 15.2. The standard InChI is InChI=1S/C10H22N2/c1-9(2,3)8(12-11)7-6-10(7,4)5/h7-8,12H,6,11H2,1-5H3. The van der Waals surface area contributed by atoms with Crippen LogP contribution in [-0.4, -0.2) is 6.04 Å². The molecule has 0 bridgehead atoms. The molecule has 12 heavy (non-hydrogen) atoms.